The number of carbonyl (C=O) groups is 1. The predicted molar refractivity (Wildman–Crippen MR) is 75.8 cm³/mol. The molecule has 0 aliphatic heterocycles. The van der Waals surface area contributed by atoms with Crippen molar-refractivity contribution in [1.29, 1.82) is 0 Å². The lowest BCUT2D eigenvalue weighted by Crippen LogP contribution is -2.15. The molecule has 0 aliphatic carbocycles. The molecular weight excluding hydrogens is 284 g/mol. The maximum absolute atomic E-state index is 11.7. The minimum atomic E-state index is -0.404. The van der Waals surface area contributed by atoms with Gasteiger partial charge in [-0.2, -0.15) is 4.98 Å². The third kappa shape index (κ3) is 4.18. The summed E-state index contributed by atoms with van der Waals surface area (Å²) < 4.78 is 0. The quantitative estimate of drug-likeness (QED) is 0.660. The van der Waals surface area contributed by atoms with E-state index in [0.717, 1.165) is 11.4 Å². The summed E-state index contributed by atoms with van der Waals surface area (Å²) in [6, 6.07) is 1.73. The first-order valence-electron chi connectivity index (χ1n) is 5.45. The Hall–Kier alpha value is -1.67. The maximum Gasteiger partial charge on any atom is 0.346 e. The standard InChI is InChI=1S/C11H12N4O2S2/c1-6-3-9(15-10(17)12-6)18-5-8(16)14-11-13-7(2)4-19-11/h3-4H,5H2,1-2H3,(H,12,15,17)(H,13,14,16). The van der Waals surface area contributed by atoms with Crippen LogP contribution in [0, 0.1) is 13.8 Å². The van der Waals surface area contributed by atoms with Gasteiger partial charge in [-0.25, -0.2) is 9.78 Å². The largest absolute Gasteiger partial charge is 0.346 e. The molecule has 2 heterocycles. The monoisotopic (exact) mass is 296 g/mol. The van der Waals surface area contributed by atoms with E-state index in [9.17, 15) is 9.59 Å². The minimum absolute atomic E-state index is 0.168. The number of hydrogen-bond donors (Lipinski definition) is 2. The summed E-state index contributed by atoms with van der Waals surface area (Å²) in [5.41, 5.74) is 1.19. The highest BCUT2D eigenvalue weighted by Crippen LogP contribution is 2.17. The van der Waals surface area contributed by atoms with Crippen LogP contribution in [0.25, 0.3) is 0 Å². The number of H-pyrrole nitrogens is 1. The number of aromatic nitrogens is 3. The SMILES string of the molecule is Cc1csc(NC(=O)CSc2cc(C)[nH]c(=O)n2)n1. The molecule has 0 aromatic carbocycles. The second kappa shape index (κ2) is 5.98. The van der Waals surface area contributed by atoms with Gasteiger partial charge in [-0.15, -0.1) is 11.3 Å². The van der Waals surface area contributed by atoms with Gasteiger partial charge in [0.1, 0.15) is 5.03 Å². The summed E-state index contributed by atoms with van der Waals surface area (Å²) in [6.07, 6.45) is 0. The molecule has 0 saturated carbocycles. The smallest absolute Gasteiger partial charge is 0.310 e. The third-order valence-electron chi connectivity index (χ3n) is 2.07. The zero-order valence-electron chi connectivity index (χ0n) is 10.4. The fraction of sp³-hybridized carbons (Fsp3) is 0.273. The summed E-state index contributed by atoms with van der Waals surface area (Å²) in [5, 5.41) is 5.68. The lowest BCUT2D eigenvalue weighted by Gasteiger charge is -2.02. The molecule has 100 valence electrons. The Labute approximate surface area is 117 Å². The number of aryl methyl sites for hydroxylation is 2. The van der Waals surface area contributed by atoms with Crippen molar-refractivity contribution in [2.45, 2.75) is 18.9 Å². The summed E-state index contributed by atoms with van der Waals surface area (Å²) >= 11 is 2.60. The van der Waals surface area contributed by atoms with E-state index in [2.05, 4.69) is 20.3 Å². The van der Waals surface area contributed by atoms with Crippen molar-refractivity contribution in [1.82, 2.24) is 15.0 Å². The molecule has 6 nitrogen and oxygen atoms in total. The first-order chi connectivity index (χ1) is 9.02. The van der Waals surface area contributed by atoms with Crippen molar-refractivity contribution in [2.75, 3.05) is 11.1 Å². The Bertz CT molecular complexity index is 650. The summed E-state index contributed by atoms with van der Waals surface area (Å²) in [5.74, 6) is 0.0215. The highest BCUT2D eigenvalue weighted by molar-refractivity contribution is 7.99. The number of anilines is 1. The predicted octanol–water partition coefficient (Wildman–Crippen LogP) is 1.57. The second-order valence-corrected chi connectivity index (χ2v) is 5.69. The number of nitrogens with zero attached hydrogens (tertiary/aromatic N) is 2. The zero-order chi connectivity index (χ0) is 13.8. The Morgan fingerprint density at radius 3 is 2.89 bits per heavy atom. The molecule has 0 radical (unpaired) electrons. The third-order valence-corrected chi connectivity index (χ3v) is 3.86. The van der Waals surface area contributed by atoms with Crippen LogP contribution in [0.2, 0.25) is 0 Å². The van der Waals surface area contributed by atoms with Crippen LogP contribution in [-0.2, 0) is 4.79 Å². The van der Waals surface area contributed by atoms with Crippen LogP contribution >= 0.6 is 23.1 Å². The lowest BCUT2D eigenvalue weighted by molar-refractivity contribution is -0.113. The number of thiazole rings is 1. The van der Waals surface area contributed by atoms with E-state index in [-0.39, 0.29) is 11.7 Å². The summed E-state index contributed by atoms with van der Waals surface area (Å²) in [4.78, 5) is 33.3. The van der Waals surface area contributed by atoms with Gasteiger partial charge < -0.3 is 10.3 Å². The van der Waals surface area contributed by atoms with E-state index in [0.29, 0.717) is 10.2 Å². The second-order valence-electron chi connectivity index (χ2n) is 3.84. The van der Waals surface area contributed by atoms with E-state index in [1.165, 1.54) is 23.1 Å². The van der Waals surface area contributed by atoms with Gasteiger partial charge in [0.25, 0.3) is 0 Å². The Kier molecular flexibility index (Phi) is 4.33. The number of carbonyl (C=O) groups excluding carboxylic acids is 1. The first kappa shape index (κ1) is 13.8. The molecule has 2 N–H and O–H groups in total. The molecule has 0 unspecified atom stereocenters. The van der Waals surface area contributed by atoms with Gasteiger partial charge in [-0.3, -0.25) is 4.79 Å². The Morgan fingerprint density at radius 1 is 1.47 bits per heavy atom. The van der Waals surface area contributed by atoms with Gasteiger partial charge in [0.05, 0.1) is 11.4 Å². The van der Waals surface area contributed by atoms with Gasteiger partial charge in [0.2, 0.25) is 5.91 Å². The maximum atomic E-state index is 11.7. The van der Waals surface area contributed by atoms with Crippen molar-refractivity contribution in [2.24, 2.45) is 0 Å². The Morgan fingerprint density at radius 2 is 2.26 bits per heavy atom. The van der Waals surface area contributed by atoms with Crippen LogP contribution in [0.5, 0.6) is 0 Å². The van der Waals surface area contributed by atoms with Crippen LogP contribution < -0.4 is 11.0 Å². The summed E-state index contributed by atoms with van der Waals surface area (Å²) in [7, 11) is 0. The molecule has 2 aromatic heterocycles. The van der Waals surface area contributed by atoms with Gasteiger partial charge in [-0.1, -0.05) is 11.8 Å². The topological polar surface area (TPSA) is 87.7 Å². The normalized spacial score (nSPS) is 10.4. The number of aromatic amines is 1. The van der Waals surface area contributed by atoms with Crippen LogP contribution in [0.15, 0.2) is 21.3 Å². The van der Waals surface area contributed by atoms with E-state index in [1.807, 2.05) is 12.3 Å². The van der Waals surface area contributed by atoms with Crippen LogP contribution in [0.4, 0.5) is 5.13 Å². The molecule has 2 aromatic rings. The molecule has 0 spiro atoms. The molecule has 0 bridgehead atoms. The van der Waals surface area contributed by atoms with E-state index in [1.54, 1.807) is 13.0 Å². The van der Waals surface area contributed by atoms with Crippen LogP contribution in [-0.4, -0.2) is 26.6 Å². The molecule has 19 heavy (non-hydrogen) atoms. The van der Waals surface area contributed by atoms with Gasteiger partial charge in [0, 0.05) is 11.1 Å². The first-order valence-corrected chi connectivity index (χ1v) is 7.32. The van der Waals surface area contributed by atoms with Crippen molar-refractivity contribution in [3.8, 4) is 0 Å². The molecule has 0 atom stereocenters. The number of hydrogen-bond acceptors (Lipinski definition) is 6. The molecule has 1 amide bonds. The van der Waals surface area contributed by atoms with Crippen molar-refractivity contribution >= 4 is 34.1 Å². The minimum Gasteiger partial charge on any atom is -0.310 e. The lowest BCUT2D eigenvalue weighted by atomic mass is 10.5. The number of rotatable bonds is 4. The summed E-state index contributed by atoms with van der Waals surface area (Å²) in [6.45, 7) is 3.63. The average molecular weight is 296 g/mol. The highest BCUT2D eigenvalue weighted by Gasteiger charge is 2.07. The number of amides is 1. The Balaban J connectivity index is 1.91. The molecular formula is C11H12N4O2S2. The van der Waals surface area contributed by atoms with E-state index >= 15 is 0 Å². The van der Waals surface area contributed by atoms with Crippen molar-refractivity contribution < 1.29 is 4.79 Å². The van der Waals surface area contributed by atoms with Crippen molar-refractivity contribution in [3.63, 3.8) is 0 Å². The molecule has 0 fully saturated rings. The molecule has 0 aliphatic rings. The molecule has 0 saturated heterocycles. The fourth-order valence-electron chi connectivity index (χ4n) is 1.33. The van der Waals surface area contributed by atoms with Crippen LogP contribution in [0.1, 0.15) is 11.4 Å². The molecule has 2 rings (SSSR count). The van der Waals surface area contributed by atoms with Gasteiger partial charge in [0.15, 0.2) is 5.13 Å². The van der Waals surface area contributed by atoms with Gasteiger partial charge in [-0.05, 0) is 19.9 Å². The van der Waals surface area contributed by atoms with Crippen molar-refractivity contribution in [3.05, 3.63) is 33.3 Å². The fourth-order valence-corrected chi connectivity index (χ4v) is 2.79. The highest BCUT2D eigenvalue weighted by atomic mass is 32.2. The average Bonchev–Trinajstić information content (AvgIpc) is 2.71. The zero-order valence-corrected chi connectivity index (χ0v) is 12.0. The van der Waals surface area contributed by atoms with E-state index in [4.69, 9.17) is 0 Å². The number of thioether (sulfide) groups is 1. The van der Waals surface area contributed by atoms with E-state index < -0.39 is 5.69 Å². The van der Waals surface area contributed by atoms with Crippen LogP contribution in [0.3, 0.4) is 0 Å². The molecule has 8 heteroatoms. The number of nitrogens with one attached hydrogen (secondary N) is 2. The van der Waals surface area contributed by atoms with Gasteiger partial charge >= 0.3 is 5.69 Å².